The maximum Gasteiger partial charge on any atom is 0.0396 e. The average molecular weight is 249 g/mol. The van der Waals surface area contributed by atoms with Crippen LogP contribution < -0.4 is 5.32 Å². The lowest BCUT2D eigenvalue weighted by molar-refractivity contribution is 1.20. The SMILES string of the molecule is Cc1cc(Br)ccc1NCCCl. The Morgan fingerprint density at radius 1 is 1.50 bits per heavy atom. The molecule has 0 bridgehead atoms. The molecule has 0 saturated carbocycles. The number of alkyl halides is 1. The summed E-state index contributed by atoms with van der Waals surface area (Å²) in [6.07, 6.45) is 0. The smallest absolute Gasteiger partial charge is 0.0396 e. The van der Waals surface area contributed by atoms with Crippen molar-refractivity contribution in [2.75, 3.05) is 17.7 Å². The molecule has 1 nitrogen and oxygen atoms in total. The summed E-state index contributed by atoms with van der Waals surface area (Å²) in [5, 5.41) is 3.24. The Morgan fingerprint density at radius 2 is 2.25 bits per heavy atom. The van der Waals surface area contributed by atoms with Gasteiger partial charge in [0.2, 0.25) is 0 Å². The predicted octanol–water partition coefficient (Wildman–Crippen LogP) is 3.41. The van der Waals surface area contributed by atoms with Crippen molar-refractivity contribution in [2.24, 2.45) is 0 Å². The van der Waals surface area contributed by atoms with E-state index in [9.17, 15) is 0 Å². The molecular weight excluding hydrogens is 237 g/mol. The Bertz CT molecular complexity index is 263. The summed E-state index contributed by atoms with van der Waals surface area (Å²) in [7, 11) is 0. The van der Waals surface area contributed by atoms with Crippen LogP contribution >= 0.6 is 27.5 Å². The number of aryl methyl sites for hydroxylation is 1. The fourth-order valence-electron chi connectivity index (χ4n) is 1.01. The molecule has 0 aliphatic rings. The highest BCUT2D eigenvalue weighted by Crippen LogP contribution is 2.19. The summed E-state index contributed by atoms with van der Waals surface area (Å²) in [5.74, 6) is 0.634. The fourth-order valence-corrected chi connectivity index (χ4v) is 1.58. The van der Waals surface area contributed by atoms with Crippen molar-refractivity contribution in [3.05, 3.63) is 28.2 Å². The van der Waals surface area contributed by atoms with E-state index < -0.39 is 0 Å². The van der Waals surface area contributed by atoms with E-state index in [1.54, 1.807) is 0 Å². The molecule has 3 heteroatoms. The summed E-state index contributed by atoms with van der Waals surface area (Å²) in [6.45, 7) is 2.88. The molecule has 0 amide bonds. The van der Waals surface area contributed by atoms with Gasteiger partial charge < -0.3 is 5.32 Å². The molecule has 1 aromatic rings. The number of nitrogens with one attached hydrogen (secondary N) is 1. The molecule has 0 saturated heterocycles. The molecule has 1 aromatic carbocycles. The third-order valence-electron chi connectivity index (χ3n) is 1.60. The van der Waals surface area contributed by atoms with Gasteiger partial charge in [-0.2, -0.15) is 0 Å². The Balaban J connectivity index is 2.72. The van der Waals surface area contributed by atoms with E-state index in [2.05, 4.69) is 34.2 Å². The zero-order valence-corrected chi connectivity index (χ0v) is 9.24. The van der Waals surface area contributed by atoms with Gasteiger partial charge in [-0.1, -0.05) is 15.9 Å². The molecule has 0 spiro atoms. The maximum atomic E-state index is 5.56. The topological polar surface area (TPSA) is 12.0 Å². The van der Waals surface area contributed by atoms with Crippen molar-refractivity contribution in [1.29, 1.82) is 0 Å². The standard InChI is InChI=1S/C9H11BrClN/c1-7-6-8(10)2-3-9(7)12-5-4-11/h2-3,6,12H,4-5H2,1H3. The zero-order valence-electron chi connectivity index (χ0n) is 6.90. The molecule has 12 heavy (non-hydrogen) atoms. The van der Waals surface area contributed by atoms with E-state index in [4.69, 9.17) is 11.6 Å². The van der Waals surface area contributed by atoms with Crippen LogP contribution in [0, 0.1) is 6.92 Å². The van der Waals surface area contributed by atoms with Crippen molar-refractivity contribution in [3.8, 4) is 0 Å². The largest absolute Gasteiger partial charge is 0.384 e. The van der Waals surface area contributed by atoms with Crippen LogP contribution in [0.1, 0.15) is 5.56 Å². The first-order chi connectivity index (χ1) is 5.74. The molecular formula is C9H11BrClN. The predicted molar refractivity (Wildman–Crippen MR) is 58.1 cm³/mol. The van der Waals surface area contributed by atoms with Crippen LogP contribution in [0.3, 0.4) is 0 Å². The fraction of sp³-hybridized carbons (Fsp3) is 0.333. The van der Waals surface area contributed by atoms with Crippen molar-refractivity contribution >= 4 is 33.2 Å². The second-order valence-corrected chi connectivity index (χ2v) is 3.87. The summed E-state index contributed by atoms with van der Waals surface area (Å²) in [6, 6.07) is 6.14. The van der Waals surface area contributed by atoms with Crippen LogP contribution in [0.4, 0.5) is 5.69 Å². The van der Waals surface area contributed by atoms with E-state index >= 15 is 0 Å². The third kappa shape index (κ3) is 2.68. The van der Waals surface area contributed by atoms with Crippen LogP contribution in [0.25, 0.3) is 0 Å². The minimum absolute atomic E-state index is 0.634. The lowest BCUT2D eigenvalue weighted by atomic mass is 10.2. The number of rotatable bonds is 3. The summed E-state index contributed by atoms with van der Waals surface area (Å²) in [5.41, 5.74) is 2.38. The number of anilines is 1. The Hall–Kier alpha value is -0.210. The summed E-state index contributed by atoms with van der Waals surface area (Å²) in [4.78, 5) is 0. The van der Waals surface area contributed by atoms with Crippen LogP contribution in [0.5, 0.6) is 0 Å². The molecule has 0 aliphatic carbocycles. The molecule has 0 heterocycles. The van der Waals surface area contributed by atoms with Crippen molar-refractivity contribution < 1.29 is 0 Å². The van der Waals surface area contributed by atoms with Gasteiger partial charge in [0.1, 0.15) is 0 Å². The van der Waals surface area contributed by atoms with Crippen LogP contribution in [0.2, 0.25) is 0 Å². The second kappa shape index (κ2) is 4.73. The highest BCUT2D eigenvalue weighted by atomic mass is 79.9. The van der Waals surface area contributed by atoms with Crippen LogP contribution in [-0.4, -0.2) is 12.4 Å². The summed E-state index contributed by atoms with van der Waals surface area (Å²) < 4.78 is 1.11. The molecule has 0 unspecified atom stereocenters. The monoisotopic (exact) mass is 247 g/mol. The van der Waals surface area contributed by atoms with Gasteiger partial charge in [-0.25, -0.2) is 0 Å². The van der Waals surface area contributed by atoms with Gasteiger partial charge in [0.25, 0.3) is 0 Å². The van der Waals surface area contributed by atoms with E-state index in [0.717, 1.165) is 16.7 Å². The molecule has 0 aliphatic heterocycles. The number of hydrogen-bond donors (Lipinski definition) is 1. The van der Waals surface area contributed by atoms with Gasteiger partial charge in [0, 0.05) is 22.6 Å². The van der Waals surface area contributed by atoms with Crippen molar-refractivity contribution in [1.82, 2.24) is 0 Å². The highest BCUT2D eigenvalue weighted by Gasteiger charge is 1.96. The number of hydrogen-bond acceptors (Lipinski definition) is 1. The van der Waals surface area contributed by atoms with Crippen LogP contribution in [0.15, 0.2) is 22.7 Å². The van der Waals surface area contributed by atoms with Gasteiger partial charge >= 0.3 is 0 Å². The van der Waals surface area contributed by atoms with Gasteiger partial charge in [0.15, 0.2) is 0 Å². The van der Waals surface area contributed by atoms with E-state index in [1.807, 2.05) is 12.1 Å². The molecule has 0 radical (unpaired) electrons. The maximum absolute atomic E-state index is 5.56. The average Bonchev–Trinajstić information content (AvgIpc) is 2.03. The molecule has 0 aromatic heterocycles. The third-order valence-corrected chi connectivity index (χ3v) is 2.28. The number of benzene rings is 1. The first-order valence-corrected chi connectivity index (χ1v) is 5.13. The van der Waals surface area contributed by atoms with Crippen molar-refractivity contribution in [2.45, 2.75) is 6.92 Å². The zero-order chi connectivity index (χ0) is 8.97. The Morgan fingerprint density at radius 3 is 2.83 bits per heavy atom. The lowest BCUT2D eigenvalue weighted by Crippen LogP contribution is -2.03. The summed E-state index contributed by atoms with van der Waals surface area (Å²) >= 11 is 8.97. The van der Waals surface area contributed by atoms with Gasteiger partial charge in [-0.15, -0.1) is 11.6 Å². The lowest BCUT2D eigenvalue weighted by Gasteiger charge is -2.07. The molecule has 0 fully saturated rings. The normalized spacial score (nSPS) is 9.92. The first kappa shape index (κ1) is 9.87. The quantitative estimate of drug-likeness (QED) is 0.809. The molecule has 1 rings (SSSR count). The molecule has 0 atom stereocenters. The van der Waals surface area contributed by atoms with E-state index in [0.29, 0.717) is 5.88 Å². The highest BCUT2D eigenvalue weighted by molar-refractivity contribution is 9.10. The molecule has 1 N–H and O–H groups in total. The van der Waals surface area contributed by atoms with Crippen molar-refractivity contribution in [3.63, 3.8) is 0 Å². The van der Waals surface area contributed by atoms with Gasteiger partial charge in [-0.3, -0.25) is 0 Å². The molecule has 66 valence electrons. The van der Waals surface area contributed by atoms with Crippen LogP contribution in [-0.2, 0) is 0 Å². The van der Waals surface area contributed by atoms with E-state index in [-0.39, 0.29) is 0 Å². The Kier molecular flexibility index (Phi) is 3.89. The minimum Gasteiger partial charge on any atom is -0.384 e. The number of halogens is 2. The second-order valence-electron chi connectivity index (χ2n) is 2.58. The van der Waals surface area contributed by atoms with E-state index in [1.165, 1.54) is 5.56 Å². The Labute approximate surface area is 86.2 Å². The van der Waals surface area contributed by atoms with Gasteiger partial charge in [0.05, 0.1) is 0 Å². The first-order valence-electron chi connectivity index (χ1n) is 3.80. The minimum atomic E-state index is 0.634. The van der Waals surface area contributed by atoms with Gasteiger partial charge in [-0.05, 0) is 30.7 Å².